The zero-order chi connectivity index (χ0) is 14.0. The largest absolute Gasteiger partial charge is 0.0995 e. The first kappa shape index (κ1) is 13.4. The second-order valence-corrected chi connectivity index (χ2v) is 9.12. The average Bonchev–Trinajstić information content (AvgIpc) is 2.74. The summed E-state index contributed by atoms with van der Waals surface area (Å²) in [5.41, 5.74) is 2.93. The maximum atomic E-state index is 4.50. The first-order chi connectivity index (χ1) is 9.55. The molecule has 20 heavy (non-hydrogen) atoms. The van der Waals surface area contributed by atoms with E-state index in [1.165, 1.54) is 64.2 Å². The minimum atomic E-state index is 0.621. The van der Waals surface area contributed by atoms with Crippen LogP contribution in [0.25, 0.3) is 0 Å². The highest BCUT2D eigenvalue weighted by atomic mass is 14.6. The van der Waals surface area contributed by atoms with Crippen molar-refractivity contribution in [3.05, 3.63) is 12.2 Å². The SMILES string of the molecule is C=C1CC[C@@]2(C)CC[C@H]3[C@@H](CC[C@H]4CCCC[C@@]43C)[C@H]12. The summed E-state index contributed by atoms with van der Waals surface area (Å²) in [5, 5.41) is 0. The number of rotatable bonds is 0. The lowest BCUT2D eigenvalue weighted by atomic mass is 9.45. The van der Waals surface area contributed by atoms with Gasteiger partial charge in [0.15, 0.2) is 0 Å². The van der Waals surface area contributed by atoms with Crippen LogP contribution in [0.2, 0.25) is 0 Å². The van der Waals surface area contributed by atoms with Crippen molar-refractivity contribution >= 4 is 0 Å². The molecule has 0 aromatic rings. The predicted molar refractivity (Wildman–Crippen MR) is 85.5 cm³/mol. The maximum absolute atomic E-state index is 4.50. The molecule has 0 unspecified atom stereocenters. The van der Waals surface area contributed by atoms with Crippen molar-refractivity contribution in [1.82, 2.24) is 0 Å². The molecule has 0 N–H and O–H groups in total. The van der Waals surface area contributed by atoms with Crippen LogP contribution in [0.5, 0.6) is 0 Å². The van der Waals surface area contributed by atoms with E-state index in [0.717, 1.165) is 23.7 Å². The molecule has 0 aromatic carbocycles. The quantitative estimate of drug-likeness (QED) is 0.476. The zero-order valence-corrected chi connectivity index (χ0v) is 13.6. The van der Waals surface area contributed by atoms with E-state index >= 15 is 0 Å². The highest BCUT2D eigenvalue weighted by Crippen LogP contribution is 2.66. The number of fused-ring (bicyclic) bond motifs is 5. The van der Waals surface area contributed by atoms with Gasteiger partial charge in [-0.2, -0.15) is 0 Å². The van der Waals surface area contributed by atoms with Gasteiger partial charge in [0.2, 0.25) is 0 Å². The van der Waals surface area contributed by atoms with Crippen LogP contribution >= 0.6 is 0 Å². The molecule has 0 nitrogen and oxygen atoms in total. The Hall–Kier alpha value is -0.260. The molecule has 6 atom stereocenters. The highest BCUT2D eigenvalue weighted by Gasteiger charge is 2.57. The minimum absolute atomic E-state index is 0.621. The highest BCUT2D eigenvalue weighted by molar-refractivity contribution is 5.20. The normalized spacial score (nSPS) is 55.0. The summed E-state index contributed by atoms with van der Waals surface area (Å²) in [6.07, 6.45) is 14.9. The van der Waals surface area contributed by atoms with Crippen LogP contribution in [0.4, 0.5) is 0 Å². The monoisotopic (exact) mass is 272 g/mol. The molecule has 4 aliphatic rings. The molecule has 4 aliphatic carbocycles. The van der Waals surface area contributed by atoms with Crippen molar-refractivity contribution in [2.24, 2.45) is 34.5 Å². The molecule has 0 saturated heterocycles. The molecule has 4 rings (SSSR count). The molecule has 4 fully saturated rings. The van der Waals surface area contributed by atoms with Gasteiger partial charge in [0.05, 0.1) is 0 Å². The topological polar surface area (TPSA) is 0 Å². The summed E-state index contributed by atoms with van der Waals surface area (Å²) in [7, 11) is 0. The molecule has 0 spiro atoms. The van der Waals surface area contributed by atoms with Gasteiger partial charge in [-0.1, -0.05) is 38.8 Å². The summed E-state index contributed by atoms with van der Waals surface area (Å²) < 4.78 is 0. The Morgan fingerprint density at radius 1 is 0.950 bits per heavy atom. The second kappa shape index (κ2) is 4.37. The molecule has 0 aliphatic heterocycles. The summed E-state index contributed by atoms with van der Waals surface area (Å²) >= 11 is 0. The molecule has 0 bridgehead atoms. The summed E-state index contributed by atoms with van der Waals surface area (Å²) in [5.74, 6) is 3.94. The van der Waals surface area contributed by atoms with Gasteiger partial charge in [-0.3, -0.25) is 0 Å². The lowest BCUT2D eigenvalue weighted by molar-refractivity contribution is -0.0956. The van der Waals surface area contributed by atoms with Crippen molar-refractivity contribution in [2.45, 2.75) is 78.1 Å². The molecule has 0 amide bonds. The average molecular weight is 272 g/mol. The number of hydrogen-bond donors (Lipinski definition) is 0. The van der Waals surface area contributed by atoms with Crippen molar-refractivity contribution in [3.63, 3.8) is 0 Å². The van der Waals surface area contributed by atoms with Crippen molar-refractivity contribution in [2.75, 3.05) is 0 Å². The van der Waals surface area contributed by atoms with Gasteiger partial charge in [0.1, 0.15) is 0 Å². The Morgan fingerprint density at radius 3 is 2.65 bits per heavy atom. The lowest BCUT2D eigenvalue weighted by Gasteiger charge is -2.60. The molecule has 0 heterocycles. The van der Waals surface area contributed by atoms with Crippen molar-refractivity contribution < 1.29 is 0 Å². The lowest BCUT2D eigenvalue weighted by Crippen LogP contribution is -2.52. The Labute approximate surface area is 125 Å². The van der Waals surface area contributed by atoms with E-state index in [1.807, 2.05) is 0 Å². The smallest absolute Gasteiger partial charge is 0.0121 e. The Balaban J connectivity index is 1.68. The van der Waals surface area contributed by atoms with E-state index in [4.69, 9.17) is 0 Å². The van der Waals surface area contributed by atoms with Crippen LogP contribution in [0.1, 0.15) is 78.1 Å². The summed E-state index contributed by atoms with van der Waals surface area (Å²) in [4.78, 5) is 0. The van der Waals surface area contributed by atoms with Crippen molar-refractivity contribution in [3.8, 4) is 0 Å². The number of hydrogen-bond acceptors (Lipinski definition) is 0. The fourth-order valence-electron chi connectivity index (χ4n) is 7.25. The van der Waals surface area contributed by atoms with E-state index in [-0.39, 0.29) is 0 Å². The molecule has 4 saturated carbocycles. The van der Waals surface area contributed by atoms with Gasteiger partial charge in [-0.25, -0.2) is 0 Å². The van der Waals surface area contributed by atoms with Crippen molar-refractivity contribution in [1.29, 1.82) is 0 Å². The van der Waals surface area contributed by atoms with Crippen LogP contribution in [0, 0.1) is 34.5 Å². The summed E-state index contributed by atoms with van der Waals surface area (Å²) in [6, 6.07) is 0. The number of allylic oxidation sites excluding steroid dienone is 1. The third-order valence-electron chi connectivity index (χ3n) is 8.33. The van der Waals surface area contributed by atoms with Gasteiger partial charge in [0, 0.05) is 0 Å². The maximum Gasteiger partial charge on any atom is -0.0121 e. The van der Waals surface area contributed by atoms with Crippen LogP contribution in [-0.2, 0) is 0 Å². The first-order valence-electron chi connectivity index (χ1n) is 9.22. The van der Waals surface area contributed by atoms with Gasteiger partial charge < -0.3 is 0 Å². The predicted octanol–water partition coefficient (Wildman–Crippen LogP) is 5.98. The van der Waals surface area contributed by atoms with Gasteiger partial charge >= 0.3 is 0 Å². The fraction of sp³-hybridized carbons (Fsp3) is 0.900. The third kappa shape index (κ3) is 1.66. The first-order valence-corrected chi connectivity index (χ1v) is 9.22. The fourth-order valence-corrected chi connectivity index (χ4v) is 7.25. The van der Waals surface area contributed by atoms with Gasteiger partial charge in [-0.05, 0) is 85.9 Å². The van der Waals surface area contributed by atoms with Crippen LogP contribution in [0.3, 0.4) is 0 Å². The van der Waals surface area contributed by atoms with Gasteiger partial charge in [-0.15, -0.1) is 0 Å². The van der Waals surface area contributed by atoms with Gasteiger partial charge in [0.25, 0.3) is 0 Å². The molecular formula is C20H32. The van der Waals surface area contributed by atoms with E-state index in [1.54, 1.807) is 5.57 Å². The molecule has 0 aromatic heterocycles. The van der Waals surface area contributed by atoms with E-state index < -0.39 is 0 Å². The van der Waals surface area contributed by atoms with E-state index in [9.17, 15) is 0 Å². The van der Waals surface area contributed by atoms with Crippen LogP contribution < -0.4 is 0 Å². The zero-order valence-electron chi connectivity index (χ0n) is 13.6. The van der Waals surface area contributed by atoms with Crippen LogP contribution in [-0.4, -0.2) is 0 Å². The summed E-state index contributed by atoms with van der Waals surface area (Å²) in [6.45, 7) is 9.76. The second-order valence-electron chi connectivity index (χ2n) is 9.12. The molecule has 0 radical (unpaired) electrons. The Morgan fingerprint density at radius 2 is 1.80 bits per heavy atom. The Kier molecular flexibility index (Phi) is 2.93. The molecule has 0 heteroatoms. The third-order valence-corrected chi connectivity index (χ3v) is 8.33. The Bertz CT molecular complexity index is 422. The standard InChI is InChI=1S/C20H32/c1-14-9-12-19(2)13-10-17-16(18(14)19)8-7-15-6-4-5-11-20(15,17)3/h15-18H,1,4-13H2,2-3H3/t15-,16-,17+,18+,19+,20+/m1/s1. The minimum Gasteiger partial charge on any atom is -0.0995 e. The molecular weight excluding hydrogens is 240 g/mol. The molecule has 112 valence electrons. The van der Waals surface area contributed by atoms with E-state index in [0.29, 0.717) is 10.8 Å². The van der Waals surface area contributed by atoms with E-state index in [2.05, 4.69) is 20.4 Å². The van der Waals surface area contributed by atoms with Crippen LogP contribution in [0.15, 0.2) is 12.2 Å².